The van der Waals surface area contributed by atoms with Crippen LogP contribution in [0.1, 0.15) is 39.9 Å². The maximum atomic E-state index is 13.1. The molecule has 0 aliphatic carbocycles. The van der Waals surface area contributed by atoms with Crippen LogP contribution in [0.3, 0.4) is 0 Å². The molecule has 186 valence electrons. The van der Waals surface area contributed by atoms with Gasteiger partial charge in [-0.1, -0.05) is 30.3 Å². The van der Waals surface area contributed by atoms with Crippen LogP contribution in [0.2, 0.25) is 0 Å². The Bertz CT molecular complexity index is 1250. The van der Waals surface area contributed by atoms with Crippen molar-refractivity contribution < 1.29 is 9.59 Å². The summed E-state index contributed by atoms with van der Waals surface area (Å²) in [4.78, 5) is 32.3. The molecule has 6 nitrogen and oxygen atoms in total. The number of hydrogen-bond acceptors (Lipinski definition) is 3. The number of hydrogen-bond donors (Lipinski definition) is 1. The lowest BCUT2D eigenvalue weighted by molar-refractivity contribution is 0.0747. The van der Waals surface area contributed by atoms with Crippen LogP contribution in [0, 0.1) is 13.8 Å². The molecule has 1 saturated heterocycles. The summed E-state index contributed by atoms with van der Waals surface area (Å²) in [7, 11) is 0. The van der Waals surface area contributed by atoms with Crippen LogP contribution >= 0.6 is 0 Å². The summed E-state index contributed by atoms with van der Waals surface area (Å²) in [5.74, 6) is 0.0370. The highest BCUT2D eigenvalue weighted by molar-refractivity contribution is 6.02. The van der Waals surface area contributed by atoms with Crippen molar-refractivity contribution in [2.75, 3.05) is 47.8 Å². The average Bonchev–Trinajstić information content (AvgIpc) is 3.13. The molecule has 0 aromatic heterocycles. The molecule has 0 unspecified atom stereocenters. The molecule has 1 fully saturated rings. The fourth-order valence-corrected chi connectivity index (χ4v) is 5.18. The van der Waals surface area contributed by atoms with E-state index in [9.17, 15) is 9.59 Å². The van der Waals surface area contributed by atoms with E-state index in [1.165, 1.54) is 22.4 Å². The Morgan fingerprint density at radius 1 is 0.778 bits per heavy atom. The Hall–Kier alpha value is -3.80. The van der Waals surface area contributed by atoms with E-state index in [0.29, 0.717) is 30.9 Å². The molecule has 0 spiro atoms. The first kappa shape index (κ1) is 23.9. The summed E-state index contributed by atoms with van der Waals surface area (Å²) in [6.45, 7) is 7.98. The van der Waals surface area contributed by atoms with Gasteiger partial charge in [0.15, 0.2) is 0 Å². The van der Waals surface area contributed by atoms with Gasteiger partial charge in [0.05, 0.1) is 0 Å². The van der Waals surface area contributed by atoms with Gasteiger partial charge in [-0.25, -0.2) is 4.79 Å². The molecular weight excluding hydrogens is 448 g/mol. The molecule has 3 amide bonds. The molecule has 0 saturated carbocycles. The van der Waals surface area contributed by atoms with Crippen molar-refractivity contribution in [1.29, 1.82) is 0 Å². The number of piperazine rings is 1. The normalized spacial score (nSPS) is 15.8. The van der Waals surface area contributed by atoms with E-state index in [0.717, 1.165) is 38.0 Å². The minimum Gasteiger partial charge on any atom is -0.368 e. The predicted molar refractivity (Wildman–Crippen MR) is 146 cm³/mol. The van der Waals surface area contributed by atoms with Crippen LogP contribution in [-0.2, 0) is 6.42 Å². The highest BCUT2D eigenvalue weighted by Crippen LogP contribution is 2.27. The Kier molecular flexibility index (Phi) is 6.94. The van der Waals surface area contributed by atoms with Gasteiger partial charge in [0.25, 0.3) is 5.91 Å². The SMILES string of the molecule is Cc1ccc(C)c(N2CCN(C(=O)c3ccc(NC(=O)N4CCCCc5ccccc54)cc3)CC2)c1. The molecule has 2 heterocycles. The Balaban J connectivity index is 1.20. The molecule has 2 aliphatic rings. The Morgan fingerprint density at radius 2 is 1.53 bits per heavy atom. The van der Waals surface area contributed by atoms with Gasteiger partial charge in [-0.15, -0.1) is 0 Å². The van der Waals surface area contributed by atoms with Crippen LogP contribution in [-0.4, -0.2) is 49.6 Å². The number of rotatable bonds is 3. The first-order chi connectivity index (χ1) is 17.5. The first-order valence-electron chi connectivity index (χ1n) is 12.9. The number of nitrogens with zero attached hydrogens (tertiary/aromatic N) is 3. The van der Waals surface area contributed by atoms with Crippen molar-refractivity contribution >= 4 is 29.0 Å². The van der Waals surface area contributed by atoms with Crippen LogP contribution < -0.4 is 15.1 Å². The summed E-state index contributed by atoms with van der Waals surface area (Å²) in [6, 6.07) is 21.8. The van der Waals surface area contributed by atoms with E-state index in [1.807, 2.05) is 52.3 Å². The fraction of sp³-hybridized carbons (Fsp3) is 0.333. The molecule has 5 rings (SSSR count). The van der Waals surface area contributed by atoms with Crippen molar-refractivity contribution in [1.82, 2.24) is 4.90 Å². The number of anilines is 3. The van der Waals surface area contributed by atoms with Crippen LogP contribution in [0.5, 0.6) is 0 Å². The highest BCUT2D eigenvalue weighted by atomic mass is 16.2. The summed E-state index contributed by atoms with van der Waals surface area (Å²) in [6.07, 6.45) is 3.05. The monoisotopic (exact) mass is 482 g/mol. The van der Waals surface area contributed by atoms with Gasteiger partial charge in [-0.3, -0.25) is 9.69 Å². The van der Waals surface area contributed by atoms with Crippen molar-refractivity contribution in [3.8, 4) is 0 Å². The second-order valence-corrected chi connectivity index (χ2v) is 9.81. The number of amides is 3. The number of para-hydroxylation sites is 1. The summed E-state index contributed by atoms with van der Waals surface area (Å²) in [5, 5.41) is 3.02. The van der Waals surface area contributed by atoms with Gasteiger partial charge in [0, 0.05) is 55.3 Å². The van der Waals surface area contributed by atoms with Gasteiger partial charge in [-0.2, -0.15) is 0 Å². The van der Waals surface area contributed by atoms with Crippen molar-refractivity contribution in [3.63, 3.8) is 0 Å². The maximum absolute atomic E-state index is 13.1. The number of fused-ring (bicyclic) bond motifs is 1. The van der Waals surface area contributed by atoms with Crippen LogP contribution in [0.25, 0.3) is 0 Å². The van der Waals surface area contributed by atoms with Gasteiger partial charge in [-0.05, 0) is 86.2 Å². The predicted octanol–water partition coefficient (Wildman–Crippen LogP) is 5.64. The smallest absolute Gasteiger partial charge is 0.326 e. The quantitative estimate of drug-likeness (QED) is 0.526. The van der Waals surface area contributed by atoms with E-state index in [4.69, 9.17) is 0 Å². The largest absolute Gasteiger partial charge is 0.368 e. The molecule has 0 bridgehead atoms. The van der Waals surface area contributed by atoms with Gasteiger partial charge >= 0.3 is 6.03 Å². The van der Waals surface area contributed by atoms with Gasteiger partial charge in [0.2, 0.25) is 0 Å². The lowest BCUT2D eigenvalue weighted by Crippen LogP contribution is -2.49. The van der Waals surface area contributed by atoms with Gasteiger partial charge < -0.3 is 15.1 Å². The zero-order valence-corrected chi connectivity index (χ0v) is 21.2. The second-order valence-electron chi connectivity index (χ2n) is 9.81. The lowest BCUT2D eigenvalue weighted by atomic mass is 10.1. The van der Waals surface area contributed by atoms with E-state index < -0.39 is 0 Å². The number of aryl methyl sites for hydroxylation is 3. The molecule has 3 aromatic carbocycles. The number of urea groups is 1. The summed E-state index contributed by atoms with van der Waals surface area (Å²) >= 11 is 0. The topological polar surface area (TPSA) is 55.9 Å². The van der Waals surface area contributed by atoms with Crippen molar-refractivity contribution in [2.24, 2.45) is 0 Å². The van der Waals surface area contributed by atoms with E-state index in [1.54, 1.807) is 0 Å². The van der Waals surface area contributed by atoms with Crippen LogP contribution in [0.4, 0.5) is 21.9 Å². The zero-order chi connectivity index (χ0) is 25.1. The van der Waals surface area contributed by atoms with E-state index in [-0.39, 0.29) is 11.9 Å². The molecule has 0 radical (unpaired) electrons. The lowest BCUT2D eigenvalue weighted by Gasteiger charge is -2.37. The highest BCUT2D eigenvalue weighted by Gasteiger charge is 2.24. The van der Waals surface area contributed by atoms with Gasteiger partial charge in [0.1, 0.15) is 0 Å². The molecule has 1 N–H and O–H groups in total. The summed E-state index contributed by atoms with van der Waals surface area (Å²) < 4.78 is 0. The minimum atomic E-state index is -0.133. The third-order valence-electron chi connectivity index (χ3n) is 7.26. The maximum Gasteiger partial charge on any atom is 0.326 e. The minimum absolute atomic E-state index is 0.0370. The average molecular weight is 483 g/mol. The van der Waals surface area contributed by atoms with Crippen molar-refractivity contribution in [3.05, 3.63) is 89.0 Å². The second kappa shape index (κ2) is 10.4. The number of nitrogens with one attached hydrogen (secondary N) is 1. The Labute approximate surface area is 213 Å². The standard InChI is InChI=1S/C30H34N4O2/c1-22-10-11-23(2)28(21-22)32-17-19-33(20-18-32)29(35)25-12-14-26(15-13-25)31-30(36)34-16-6-5-8-24-7-3-4-9-27(24)34/h3-4,7,9-15,21H,5-6,8,16-20H2,1-2H3,(H,31,36). The molecule has 6 heteroatoms. The van der Waals surface area contributed by atoms with E-state index in [2.05, 4.69) is 48.3 Å². The molecule has 36 heavy (non-hydrogen) atoms. The molecule has 2 aliphatic heterocycles. The summed E-state index contributed by atoms with van der Waals surface area (Å²) in [5.41, 5.74) is 7.31. The first-order valence-corrected chi connectivity index (χ1v) is 12.9. The third kappa shape index (κ3) is 5.08. The van der Waals surface area contributed by atoms with E-state index >= 15 is 0 Å². The Morgan fingerprint density at radius 3 is 2.31 bits per heavy atom. The number of carbonyl (C=O) groups is 2. The fourth-order valence-electron chi connectivity index (χ4n) is 5.18. The molecule has 3 aromatic rings. The molecular formula is C30H34N4O2. The third-order valence-corrected chi connectivity index (χ3v) is 7.26. The number of benzene rings is 3. The van der Waals surface area contributed by atoms with Crippen LogP contribution in [0.15, 0.2) is 66.7 Å². The molecule has 0 atom stereocenters. The zero-order valence-electron chi connectivity index (χ0n) is 21.2. The number of carbonyl (C=O) groups excluding carboxylic acids is 2. The van der Waals surface area contributed by atoms with Crippen molar-refractivity contribution in [2.45, 2.75) is 33.1 Å².